The van der Waals surface area contributed by atoms with Crippen LogP contribution in [0.4, 0.5) is 4.39 Å². The van der Waals surface area contributed by atoms with Crippen LogP contribution in [0.1, 0.15) is 149 Å². The van der Waals surface area contributed by atoms with Crippen molar-refractivity contribution in [2.75, 3.05) is 20.3 Å². The summed E-state index contributed by atoms with van der Waals surface area (Å²) in [5, 5.41) is 0. The van der Waals surface area contributed by atoms with Gasteiger partial charge in [0.2, 0.25) is 0 Å². The van der Waals surface area contributed by atoms with E-state index < -0.39 is 0 Å². The molecule has 2 nitrogen and oxygen atoms in total. The number of methoxy groups -OCH3 is 1. The maximum Gasteiger partial charge on any atom is 0.126 e. The van der Waals surface area contributed by atoms with Gasteiger partial charge in [-0.3, -0.25) is 0 Å². The van der Waals surface area contributed by atoms with Gasteiger partial charge >= 0.3 is 0 Å². The van der Waals surface area contributed by atoms with Gasteiger partial charge in [-0.25, -0.2) is 4.39 Å². The Morgan fingerprint density at radius 3 is 1.73 bits per heavy atom. The van der Waals surface area contributed by atoms with Gasteiger partial charge in [0.05, 0.1) is 6.10 Å². The molecule has 3 heteroatoms. The van der Waals surface area contributed by atoms with Crippen LogP contribution in [0.3, 0.4) is 0 Å². The van der Waals surface area contributed by atoms with E-state index in [9.17, 15) is 0 Å². The Kier molecular flexibility index (Phi) is 11.1. The summed E-state index contributed by atoms with van der Waals surface area (Å²) >= 11 is 0. The van der Waals surface area contributed by atoms with Crippen molar-refractivity contribution in [1.82, 2.24) is 0 Å². The first-order valence-corrected chi connectivity index (χ1v) is 16.6. The van der Waals surface area contributed by atoms with Gasteiger partial charge in [0.25, 0.3) is 0 Å². The van der Waals surface area contributed by atoms with Gasteiger partial charge in [-0.05, 0) is 148 Å². The molecule has 220 valence electrons. The summed E-state index contributed by atoms with van der Waals surface area (Å²) in [6.45, 7) is 3.98. The highest BCUT2D eigenvalue weighted by molar-refractivity contribution is 5.32. The summed E-state index contributed by atoms with van der Waals surface area (Å²) in [6, 6.07) is 15.9. The molecule has 0 N–H and O–H groups in total. The second-order valence-corrected chi connectivity index (χ2v) is 13.2. The SMILES string of the molecule is CCCCOC1CCC(c2ccc(C3CCC(c4ccc(C5CCC(CCOC)CC5)cc4)CC3)cc2F)CC1. The van der Waals surface area contributed by atoms with Crippen molar-refractivity contribution >= 4 is 0 Å². The van der Waals surface area contributed by atoms with Gasteiger partial charge in [0.1, 0.15) is 5.82 Å². The molecule has 0 radical (unpaired) electrons. The highest BCUT2D eigenvalue weighted by Crippen LogP contribution is 2.43. The van der Waals surface area contributed by atoms with E-state index in [1.807, 2.05) is 13.2 Å². The van der Waals surface area contributed by atoms with Crippen LogP contribution < -0.4 is 0 Å². The predicted molar refractivity (Wildman–Crippen MR) is 164 cm³/mol. The zero-order valence-corrected chi connectivity index (χ0v) is 25.2. The maximum atomic E-state index is 15.3. The highest BCUT2D eigenvalue weighted by Gasteiger charge is 2.28. The first kappa shape index (κ1) is 29.8. The van der Waals surface area contributed by atoms with Crippen molar-refractivity contribution in [3.8, 4) is 0 Å². The molecule has 3 fully saturated rings. The molecule has 0 bridgehead atoms. The summed E-state index contributed by atoms with van der Waals surface area (Å²) in [6.07, 6.45) is 18.2. The first-order valence-electron chi connectivity index (χ1n) is 16.6. The van der Waals surface area contributed by atoms with E-state index in [-0.39, 0.29) is 5.82 Å². The molecule has 0 heterocycles. The molecule has 0 saturated heterocycles. The van der Waals surface area contributed by atoms with Crippen LogP contribution in [0.2, 0.25) is 0 Å². The standard InChI is InChI=1S/C37H53FO2/c1-3-4-24-40-35-20-17-33(18-21-35)36-22-19-34(26-37(36)38)32-15-13-31(14-16-32)30-11-9-29(10-12-30)28-7-5-27(6-8-28)23-25-39-2/h9-12,19,22,26-28,31-33,35H,3-8,13-18,20-21,23-25H2,1-2H3. The second kappa shape index (κ2) is 15.0. The van der Waals surface area contributed by atoms with Crippen LogP contribution in [0.5, 0.6) is 0 Å². The minimum Gasteiger partial charge on any atom is -0.385 e. The molecule has 3 aliphatic carbocycles. The van der Waals surface area contributed by atoms with Crippen LogP contribution in [0.25, 0.3) is 0 Å². The van der Waals surface area contributed by atoms with Crippen molar-refractivity contribution < 1.29 is 13.9 Å². The van der Waals surface area contributed by atoms with E-state index in [2.05, 4.69) is 43.3 Å². The highest BCUT2D eigenvalue weighted by atomic mass is 19.1. The average Bonchev–Trinajstić information content (AvgIpc) is 3.01. The molecule has 2 aromatic rings. The average molecular weight is 549 g/mol. The lowest BCUT2D eigenvalue weighted by molar-refractivity contribution is 0.0230. The van der Waals surface area contributed by atoms with Gasteiger partial charge in [0.15, 0.2) is 0 Å². The van der Waals surface area contributed by atoms with Crippen molar-refractivity contribution in [2.24, 2.45) is 5.92 Å². The fourth-order valence-electron chi connectivity index (χ4n) is 7.93. The number of unbranched alkanes of at least 4 members (excludes halogenated alkanes) is 1. The Morgan fingerprint density at radius 2 is 1.18 bits per heavy atom. The summed E-state index contributed by atoms with van der Waals surface area (Å²) in [5.41, 5.74) is 5.20. The van der Waals surface area contributed by atoms with E-state index in [1.54, 1.807) is 0 Å². The van der Waals surface area contributed by atoms with Crippen molar-refractivity contribution in [3.63, 3.8) is 0 Å². The molecule has 2 aromatic carbocycles. The fraction of sp³-hybridized carbons (Fsp3) is 0.676. The van der Waals surface area contributed by atoms with Crippen LogP contribution in [-0.4, -0.2) is 26.4 Å². The molecule has 5 rings (SSSR count). The second-order valence-electron chi connectivity index (χ2n) is 13.2. The Bertz CT molecular complexity index is 1010. The zero-order chi connectivity index (χ0) is 27.7. The minimum absolute atomic E-state index is 0.0262. The number of ether oxygens (including phenoxy) is 2. The van der Waals surface area contributed by atoms with Crippen LogP contribution >= 0.6 is 0 Å². The third-order valence-electron chi connectivity index (χ3n) is 10.6. The molecular formula is C37H53FO2. The lowest BCUT2D eigenvalue weighted by Crippen LogP contribution is -2.22. The number of hydrogen-bond donors (Lipinski definition) is 0. The van der Waals surface area contributed by atoms with Gasteiger partial charge in [-0.2, -0.15) is 0 Å². The number of rotatable bonds is 11. The molecule has 0 unspecified atom stereocenters. The van der Waals surface area contributed by atoms with Gasteiger partial charge < -0.3 is 9.47 Å². The van der Waals surface area contributed by atoms with Crippen LogP contribution in [-0.2, 0) is 9.47 Å². The monoisotopic (exact) mass is 548 g/mol. The fourth-order valence-corrected chi connectivity index (χ4v) is 7.93. The largest absolute Gasteiger partial charge is 0.385 e. The van der Waals surface area contributed by atoms with Crippen molar-refractivity contribution in [1.29, 1.82) is 0 Å². The number of halogens is 1. The minimum atomic E-state index is 0.0262. The molecular weight excluding hydrogens is 495 g/mol. The summed E-state index contributed by atoms with van der Waals surface area (Å²) in [4.78, 5) is 0. The number of benzene rings is 2. The third-order valence-corrected chi connectivity index (χ3v) is 10.6. The van der Waals surface area contributed by atoms with E-state index in [0.29, 0.717) is 23.9 Å². The van der Waals surface area contributed by atoms with Gasteiger partial charge in [0, 0.05) is 20.3 Å². The maximum absolute atomic E-state index is 15.3. The van der Waals surface area contributed by atoms with E-state index in [0.717, 1.165) is 75.6 Å². The van der Waals surface area contributed by atoms with E-state index >= 15 is 4.39 Å². The molecule has 0 atom stereocenters. The van der Waals surface area contributed by atoms with Crippen molar-refractivity contribution in [3.05, 3.63) is 70.5 Å². The van der Waals surface area contributed by atoms with E-state index in [1.165, 1.54) is 68.1 Å². The first-order chi connectivity index (χ1) is 19.6. The summed E-state index contributed by atoms with van der Waals surface area (Å²) < 4.78 is 26.6. The lowest BCUT2D eigenvalue weighted by atomic mass is 9.74. The predicted octanol–water partition coefficient (Wildman–Crippen LogP) is 10.4. The molecule has 0 spiro atoms. The zero-order valence-electron chi connectivity index (χ0n) is 25.2. The molecule has 0 aromatic heterocycles. The van der Waals surface area contributed by atoms with Crippen LogP contribution in [0, 0.1) is 11.7 Å². The molecule has 0 aliphatic heterocycles. The molecule has 40 heavy (non-hydrogen) atoms. The lowest BCUT2D eigenvalue weighted by Gasteiger charge is -2.31. The Morgan fingerprint density at radius 1 is 0.650 bits per heavy atom. The third kappa shape index (κ3) is 7.77. The Hall–Kier alpha value is -1.71. The number of hydrogen-bond acceptors (Lipinski definition) is 2. The van der Waals surface area contributed by atoms with E-state index in [4.69, 9.17) is 9.47 Å². The van der Waals surface area contributed by atoms with Crippen molar-refractivity contribution in [2.45, 2.75) is 133 Å². The quantitative estimate of drug-likeness (QED) is 0.260. The van der Waals surface area contributed by atoms with Gasteiger partial charge in [-0.15, -0.1) is 0 Å². The Balaban J connectivity index is 1.08. The smallest absolute Gasteiger partial charge is 0.126 e. The summed E-state index contributed by atoms with van der Waals surface area (Å²) in [5.74, 6) is 3.10. The summed E-state index contributed by atoms with van der Waals surface area (Å²) in [7, 11) is 1.81. The van der Waals surface area contributed by atoms with Crippen LogP contribution in [0.15, 0.2) is 42.5 Å². The Labute approximate surface area is 243 Å². The molecule has 3 saturated carbocycles. The normalized spacial score (nSPS) is 29.4. The van der Waals surface area contributed by atoms with Gasteiger partial charge in [-0.1, -0.05) is 49.7 Å². The molecule has 3 aliphatic rings. The topological polar surface area (TPSA) is 18.5 Å². The molecule has 0 amide bonds.